The van der Waals surface area contributed by atoms with Crippen molar-refractivity contribution < 1.29 is 9.53 Å². The number of hydrogen-bond donors (Lipinski definition) is 1. The number of imidazole rings is 1. The molecule has 1 N–H and O–H groups in total. The van der Waals surface area contributed by atoms with Gasteiger partial charge in [0, 0.05) is 11.3 Å². The first kappa shape index (κ1) is 15.9. The minimum Gasteiger partial charge on any atom is -0.495 e. The first-order valence-electron chi connectivity index (χ1n) is 8.23. The van der Waals surface area contributed by atoms with E-state index in [1.807, 2.05) is 65.2 Å². The predicted octanol–water partition coefficient (Wildman–Crippen LogP) is 4.29. The molecule has 4 rings (SSSR count). The molecule has 5 nitrogen and oxygen atoms in total. The number of methoxy groups -OCH3 is 1. The maximum absolute atomic E-state index is 12.5. The van der Waals surface area contributed by atoms with Crippen molar-refractivity contribution in [2.45, 2.75) is 0 Å². The molecule has 128 valence electrons. The summed E-state index contributed by atoms with van der Waals surface area (Å²) in [5.74, 6) is 0.443. The molecular weight excluding hydrogens is 326 g/mol. The number of carbonyl (C=O) groups is 1. The number of nitrogens with one attached hydrogen (secondary N) is 1. The molecule has 5 heteroatoms. The van der Waals surface area contributed by atoms with Crippen molar-refractivity contribution >= 4 is 22.6 Å². The molecule has 0 atom stereocenters. The number of rotatable bonds is 4. The smallest absolute Gasteiger partial charge is 0.255 e. The molecule has 1 amide bonds. The number of hydrogen-bond acceptors (Lipinski definition) is 3. The molecule has 4 aromatic rings. The monoisotopic (exact) mass is 343 g/mol. The van der Waals surface area contributed by atoms with Crippen LogP contribution in [-0.2, 0) is 0 Å². The van der Waals surface area contributed by atoms with Crippen LogP contribution in [0.1, 0.15) is 10.4 Å². The van der Waals surface area contributed by atoms with Crippen molar-refractivity contribution in [3.63, 3.8) is 0 Å². The largest absolute Gasteiger partial charge is 0.495 e. The van der Waals surface area contributed by atoms with E-state index in [2.05, 4.69) is 10.3 Å². The van der Waals surface area contributed by atoms with Gasteiger partial charge in [-0.1, -0.05) is 24.3 Å². The fourth-order valence-corrected chi connectivity index (χ4v) is 2.88. The lowest BCUT2D eigenvalue weighted by atomic mass is 10.1. The van der Waals surface area contributed by atoms with Gasteiger partial charge in [0.2, 0.25) is 0 Å². The number of fused-ring (bicyclic) bond motifs is 1. The quantitative estimate of drug-likeness (QED) is 0.601. The molecule has 26 heavy (non-hydrogen) atoms. The Labute approximate surface area is 150 Å². The number of ether oxygens (including phenoxy) is 1. The Balaban J connectivity index is 1.58. The highest BCUT2D eigenvalue weighted by atomic mass is 16.5. The van der Waals surface area contributed by atoms with Gasteiger partial charge in [0.15, 0.2) is 0 Å². The van der Waals surface area contributed by atoms with Crippen LogP contribution in [-0.4, -0.2) is 22.6 Å². The molecule has 0 unspecified atom stereocenters. The van der Waals surface area contributed by atoms with Gasteiger partial charge in [-0.05, 0) is 48.5 Å². The molecule has 0 radical (unpaired) electrons. The summed E-state index contributed by atoms with van der Waals surface area (Å²) in [6.07, 6.45) is 1.79. The summed E-state index contributed by atoms with van der Waals surface area (Å²) in [6, 6.07) is 22.7. The summed E-state index contributed by atoms with van der Waals surface area (Å²) in [6.45, 7) is 0. The Kier molecular flexibility index (Phi) is 4.11. The van der Waals surface area contributed by atoms with Crippen molar-refractivity contribution in [1.82, 2.24) is 9.55 Å². The van der Waals surface area contributed by atoms with Gasteiger partial charge in [-0.3, -0.25) is 9.36 Å². The van der Waals surface area contributed by atoms with Crippen molar-refractivity contribution in [2.75, 3.05) is 12.4 Å². The van der Waals surface area contributed by atoms with E-state index in [-0.39, 0.29) is 5.91 Å². The third-order valence-electron chi connectivity index (χ3n) is 4.22. The molecule has 0 saturated carbocycles. The van der Waals surface area contributed by atoms with Gasteiger partial charge in [-0.15, -0.1) is 0 Å². The molecule has 0 saturated heterocycles. The van der Waals surface area contributed by atoms with Crippen LogP contribution in [0, 0.1) is 0 Å². The maximum atomic E-state index is 12.5. The van der Waals surface area contributed by atoms with E-state index in [1.165, 1.54) is 0 Å². The highest BCUT2D eigenvalue weighted by Gasteiger charge is 2.10. The Bertz CT molecular complexity index is 1070. The summed E-state index contributed by atoms with van der Waals surface area (Å²) in [5.41, 5.74) is 4.13. The molecule has 1 aromatic heterocycles. The van der Waals surface area contributed by atoms with E-state index in [4.69, 9.17) is 4.74 Å². The normalized spacial score (nSPS) is 10.7. The third kappa shape index (κ3) is 2.91. The highest BCUT2D eigenvalue weighted by molar-refractivity contribution is 6.05. The van der Waals surface area contributed by atoms with Crippen LogP contribution in [0.2, 0.25) is 0 Å². The van der Waals surface area contributed by atoms with Gasteiger partial charge >= 0.3 is 0 Å². The lowest BCUT2D eigenvalue weighted by molar-refractivity contribution is 0.102. The molecular formula is C21H17N3O2. The average molecular weight is 343 g/mol. The molecule has 1 heterocycles. The molecule has 3 aromatic carbocycles. The summed E-state index contributed by atoms with van der Waals surface area (Å²) in [5, 5.41) is 2.88. The number of amides is 1. The first-order valence-corrected chi connectivity index (χ1v) is 8.23. The number of benzene rings is 3. The SMILES string of the molecule is COc1ccccc1NC(=O)c1ccc(-n2cnc3ccccc32)cc1. The number of anilines is 1. The maximum Gasteiger partial charge on any atom is 0.255 e. The molecule has 0 bridgehead atoms. The van der Waals surface area contributed by atoms with Gasteiger partial charge in [0.25, 0.3) is 5.91 Å². The van der Waals surface area contributed by atoms with E-state index >= 15 is 0 Å². The summed E-state index contributed by atoms with van der Waals surface area (Å²) < 4.78 is 7.26. The molecule has 0 aliphatic heterocycles. The van der Waals surface area contributed by atoms with E-state index < -0.39 is 0 Å². The van der Waals surface area contributed by atoms with Crippen molar-refractivity contribution in [3.8, 4) is 11.4 Å². The predicted molar refractivity (Wildman–Crippen MR) is 102 cm³/mol. The number of nitrogens with zero attached hydrogens (tertiary/aromatic N) is 2. The topological polar surface area (TPSA) is 56.1 Å². The van der Waals surface area contributed by atoms with Crippen molar-refractivity contribution in [1.29, 1.82) is 0 Å². The zero-order chi connectivity index (χ0) is 17.9. The van der Waals surface area contributed by atoms with E-state index in [0.717, 1.165) is 16.7 Å². The minimum absolute atomic E-state index is 0.184. The van der Waals surface area contributed by atoms with Crippen LogP contribution < -0.4 is 10.1 Å². The van der Waals surface area contributed by atoms with E-state index in [1.54, 1.807) is 25.6 Å². The summed E-state index contributed by atoms with van der Waals surface area (Å²) in [4.78, 5) is 16.9. The average Bonchev–Trinajstić information content (AvgIpc) is 3.12. The van der Waals surface area contributed by atoms with E-state index in [9.17, 15) is 4.79 Å². The minimum atomic E-state index is -0.184. The zero-order valence-electron chi connectivity index (χ0n) is 14.2. The van der Waals surface area contributed by atoms with Crippen LogP contribution in [0.25, 0.3) is 16.7 Å². The number of aromatic nitrogens is 2. The van der Waals surface area contributed by atoms with Crippen LogP contribution >= 0.6 is 0 Å². The zero-order valence-corrected chi connectivity index (χ0v) is 14.2. The van der Waals surface area contributed by atoms with Crippen LogP contribution in [0.3, 0.4) is 0 Å². The molecule has 0 aliphatic carbocycles. The van der Waals surface area contributed by atoms with Crippen molar-refractivity contribution in [2.24, 2.45) is 0 Å². The standard InChI is InChI=1S/C21H17N3O2/c1-26-20-9-5-3-7-18(20)23-21(25)15-10-12-16(13-11-15)24-14-22-17-6-2-4-8-19(17)24/h2-14H,1H3,(H,23,25). The van der Waals surface area contributed by atoms with Crippen LogP contribution in [0.15, 0.2) is 79.1 Å². The highest BCUT2D eigenvalue weighted by Crippen LogP contribution is 2.24. The number of carbonyl (C=O) groups excluding carboxylic acids is 1. The van der Waals surface area contributed by atoms with Gasteiger partial charge in [0.1, 0.15) is 12.1 Å². The fourth-order valence-electron chi connectivity index (χ4n) is 2.88. The second kappa shape index (κ2) is 6.72. The van der Waals surface area contributed by atoms with E-state index in [0.29, 0.717) is 17.0 Å². The second-order valence-corrected chi connectivity index (χ2v) is 5.80. The Morgan fingerprint density at radius 1 is 0.962 bits per heavy atom. The molecule has 0 aliphatic rings. The van der Waals surface area contributed by atoms with Crippen LogP contribution in [0.4, 0.5) is 5.69 Å². The Morgan fingerprint density at radius 3 is 2.50 bits per heavy atom. The first-order chi connectivity index (χ1) is 12.8. The molecule has 0 fully saturated rings. The number of para-hydroxylation sites is 4. The van der Waals surface area contributed by atoms with Gasteiger partial charge in [0.05, 0.1) is 23.8 Å². The summed E-state index contributed by atoms with van der Waals surface area (Å²) in [7, 11) is 1.58. The Morgan fingerprint density at radius 2 is 1.69 bits per heavy atom. The van der Waals surface area contributed by atoms with Crippen molar-refractivity contribution in [3.05, 3.63) is 84.7 Å². The summed E-state index contributed by atoms with van der Waals surface area (Å²) >= 11 is 0. The fraction of sp³-hybridized carbons (Fsp3) is 0.0476. The lowest BCUT2D eigenvalue weighted by Gasteiger charge is -2.10. The molecule has 0 spiro atoms. The lowest BCUT2D eigenvalue weighted by Crippen LogP contribution is -2.12. The van der Waals surface area contributed by atoms with Gasteiger partial charge < -0.3 is 10.1 Å². The Hall–Kier alpha value is -3.60. The second-order valence-electron chi connectivity index (χ2n) is 5.80. The van der Waals surface area contributed by atoms with Gasteiger partial charge in [-0.25, -0.2) is 4.98 Å². The van der Waals surface area contributed by atoms with Crippen LogP contribution in [0.5, 0.6) is 5.75 Å². The van der Waals surface area contributed by atoms with Gasteiger partial charge in [-0.2, -0.15) is 0 Å². The third-order valence-corrected chi connectivity index (χ3v) is 4.22.